The minimum Gasteiger partial charge on any atom is -0.347 e. The number of rotatable bonds is 5. The quantitative estimate of drug-likeness (QED) is 0.883. The van der Waals surface area contributed by atoms with E-state index in [0.29, 0.717) is 25.2 Å². The van der Waals surface area contributed by atoms with Gasteiger partial charge in [-0.2, -0.15) is 5.10 Å². The number of H-pyrrole nitrogens is 1. The molecule has 2 amide bonds. The molecule has 0 aliphatic carbocycles. The third-order valence-corrected chi connectivity index (χ3v) is 4.05. The fourth-order valence-electron chi connectivity index (χ4n) is 2.78. The molecule has 1 aromatic heterocycles. The summed E-state index contributed by atoms with van der Waals surface area (Å²) in [5.74, 6) is 0.0542. The largest absolute Gasteiger partial charge is 0.347 e. The van der Waals surface area contributed by atoms with Crippen LogP contribution in [-0.2, 0) is 17.9 Å². The Hall–Kier alpha value is -2.63. The first-order valence-corrected chi connectivity index (χ1v) is 7.77. The van der Waals surface area contributed by atoms with Crippen molar-refractivity contribution in [2.45, 2.75) is 32.9 Å². The van der Waals surface area contributed by atoms with Gasteiger partial charge in [0.15, 0.2) is 0 Å². The van der Waals surface area contributed by atoms with E-state index in [1.807, 2.05) is 36.1 Å². The number of aromatic nitrogens is 2. The summed E-state index contributed by atoms with van der Waals surface area (Å²) in [6, 6.07) is 7.97. The fraction of sp³-hybridized carbons (Fsp3) is 0.353. The Labute approximate surface area is 134 Å². The number of carbonyl (C=O) groups excluding carboxylic acids is 2. The zero-order valence-electron chi connectivity index (χ0n) is 13.1. The van der Waals surface area contributed by atoms with Crippen molar-refractivity contribution in [3.05, 3.63) is 52.8 Å². The van der Waals surface area contributed by atoms with E-state index < -0.39 is 0 Å². The highest BCUT2D eigenvalue weighted by atomic mass is 16.2. The van der Waals surface area contributed by atoms with Crippen molar-refractivity contribution in [2.24, 2.45) is 0 Å². The van der Waals surface area contributed by atoms with Crippen molar-refractivity contribution in [3.8, 4) is 0 Å². The van der Waals surface area contributed by atoms with E-state index >= 15 is 0 Å². The Morgan fingerprint density at radius 3 is 2.91 bits per heavy atom. The number of nitrogens with zero attached hydrogens (tertiary/aromatic N) is 2. The Balaban J connectivity index is 1.60. The van der Waals surface area contributed by atoms with Crippen molar-refractivity contribution in [2.75, 3.05) is 6.54 Å². The average molecular weight is 312 g/mol. The van der Waals surface area contributed by atoms with Gasteiger partial charge in [0.1, 0.15) is 5.69 Å². The molecule has 2 aromatic rings. The van der Waals surface area contributed by atoms with Crippen molar-refractivity contribution in [1.82, 2.24) is 20.4 Å². The monoisotopic (exact) mass is 312 g/mol. The molecular formula is C17H20N4O2. The van der Waals surface area contributed by atoms with E-state index in [-0.39, 0.29) is 11.8 Å². The van der Waals surface area contributed by atoms with Crippen LogP contribution in [0.5, 0.6) is 0 Å². The second kappa shape index (κ2) is 6.64. The summed E-state index contributed by atoms with van der Waals surface area (Å²) in [4.78, 5) is 25.7. The van der Waals surface area contributed by atoms with E-state index in [1.54, 1.807) is 6.20 Å². The van der Waals surface area contributed by atoms with Crippen LogP contribution in [-0.4, -0.2) is 33.5 Å². The first-order chi connectivity index (χ1) is 11.1. The van der Waals surface area contributed by atoms with Crippen LogP contribution >= 0.6 is 0 Å². The van der Waals surface area contributed by atoms with Gasteiger partial charge in [-0.15, -0.1) is 0 Å². The SMILES string of the molecule is Cc1cn[nH]c1C(=O)NCc1cccc(CN2CCCC2=O)c1. The maximum absolute atomic E-state index is 12.1. The van der Waals surface area contributed by atoms with Crippen LogP contribution in [0.15, 0.2) is 30.5 Å². The highest BCUT2D eigenvalue weighted by Gasteiger charge is 2.20. The number of amides is 2. The molecular weight excluding hydrogens is 292 g/mol. The molecule has 1 saturated heterocycles. The van der Waals surface area contributed by atoms with Gasteiger partial charge in [-0.1, -0.05) is 24.3 Å². The molecule has 2 heterocycles. The molecule has 0 radical (unpaired) electrons. The standard InChI is InChI=1S/C17H20N4O2/c1-12-9-19-20-16(12)17(23)18-10-13-4-2-5-14(8-13)11-21-7-3-6-15(21)22/h2,4-5,8-9H,3,6-7,10-11H2,1H3,(H,18,23)(H,19,20). The average Bonchev–Trinajstić information content (AvgIpc) is 3.14. The Kier molecular flexibility index (Phi) is 4.41. The maximum Gasteiger partial charge on any atom is 0.269 e. The molecule has 0 unspecified atom stereocenters. The van der Waals surface area contributed by atoms with Crippen LogP contribution in [0.3, 0.4) is 0 Å². The molecule has 1 aromatic carbocycles. The topological polar surface area (TPSA) is 78.1 Å². The van der Waals surface area contributed by atoms with Crippen LogP contribution in [0.2, 0.25) is 0 Å². The van der Waals surface area contributed by atoms with E-state index in [2.05, 4.69) is 15.5 Å². The van der Waals surface area contributed by atoms with E-state index in [0.717, 1.165) is 29.7 Å². The van der Waals surface area contributed by atoms with Crippen LogP contribution < -0.4 is 5.32 Å². The molecule has 1 aliphatic heterocycles. The number of benzene rings is 1. The molecule has 0 atom stereocenters. The Bertz CT molecular complexity index is 723. The summed E-state index contributed by atoms with van der Waals surface area (Å²) in [5.41, 5.74) is 3.41. The first kappa shape index (κ1) is 15.3. The molecule has 6 nitrogen and oxygen atoms in total. The van der Waals surface area contributed by atoms with Gasteiger partial charge in [0.25, 0.3) is 5.91 Å². The highest BCUT2D eigenvalue weighted by Crippen LogP contribution is 2.15. The third-order valence-electron chi connectivity index (χ3n) is 4.05. The Morgan fingerprint density at radius 1 is 1.39 bits per heavy atom. The second-order valence-electron chi connectivity index (χ2n) is 5.85. The summed E-state index contributed by atoms with van der Waals surface area (Å²) in [6.45, 7) is 3.75. The molecule has 120 valence electrons. The van der Waals surface area contributed by atoms with Gasteiger partial charge in [0.05, 0.1) is 6.20 Å². The molecule has 0 spiro atoms. The van der Waals surface area contributed by atoms with Crippen molar-refractivity contribution >= 4 is 11.8 Å². The number of hydrogen-bond acceptors (Lipinski definition) is 3. The highest BCUT2D eigenvalue weighted by molar-refractivity contribution is 5.93. The lowest BCUT2D eigenvalue weighted by molar-refractivity contribution is -0.128. The van der Waals surface area contributed by atoms with Gasteiger partial charge in [-0.3, -0.25) is 14.7 Å². The molecule has 1 aliphatic rings. The molecule has 0 saturated carbocycles. The lowest BCUT2D eigenvalue weighted by Crippen LogP contribution is -2.25. The minimum absolute atomic E-state index is 0.167. The normalized spacial score (nSPS) is 14.3. The molecule has 3 rings (SSSR count). The lowest BCUT2D eigenvalue weighted by Gasteiger charge is -2.16. The smallest absolute Gasteiger partial charge is 0.269 e. The maximum atomic E-state index is 12.1. The van der Waals surface area contributed by atoms with Gasteiger partial charge in [0, 0.05) is 26.1 Å². The van der Waals surface area contributed by atoms with Gasteiger partial charge < -0.3 is 10.2 Å². The third kappa shape index (κ3) is 3.59. The van der Waals surface area contributed by atoms with E-state index in [1.165, 1.54) is 0 Å². The summed E-state index contributed by atoms with van der Waals surface area (Å²) in [5, 5.41) is 9.43. The van der Waals surface area contributed by atoms with Crippen LogP contribution in [0.1, 0.15) is 40.0 Å². The van der Waals surface area contributed by atoms with E-state index in [9.17, 15) is 9.59 Å². The van der Waals surface area contributed by atoms with Crippen LogP contribution in [0.25, 0.3) is 0 Å². The summed E-state index contributed by atoms with van der Waals surface area (Å²) >= 11 is 0. The van der Waals surface area contributed by atoms with Crippen molar-refractivity contribution < 1.29 is 9.59 Å². The predicted molar refractivity (Wildman–Crippen MR) is 85.6 cm³/mol. The molecule has 1 fully saturated rings. The summed E-state index contributed by atoms with van der Waals surface area (Å²) < 4.78 is 0. The molecule has 0 bridgehead atoms. The van der Waals surface area contributed by atoms with Crippen molar-refractivity contribution in [1.29, 1.82) is 0 Å². The zero-order chi connectivity index (χ0) is 16.2. The van der Waals surface area contributed by atoms with Crippen LogP contribution in [0, 0.1) is 6.92 Å². The lowest BCUT2D eigenvalue weighted by atomic mass is 10.1. The first-order valence-electron chi connectivity index (χ1n) is 7.77. The fourth-order valence-corrected chi connectivity index (χ4v) is 2.78. The second-order valence-corrected chi connectivity index (χ2v) is 5.85. The van der Waals surface area contributed by atoms with Gasteiger partial charge in [-0.05, 0) is 30.0 Å². The number of aromatic amines is 1. The van der Waals surface area contributed by atoms with Crippen molar-refractivity contribution in [3.63, 3.8) is 0 Å². The molecule has 2 N–H and O–H groups in total. The number of aryl methyl sites for hydroxylation is 1. The van der Waals surface area contributed by atoms with Crippen LogP contribution in [0.4, 0.5) is 0 Å². The van der Waals surface area contributed by atoms with Gasteiger partial charge in [0.2, 0.25) is 5.91 Å². The number of carbonyl (C=O) groups is 2. The zero-order valence-corrected chi connectivity index (χ0v) is 13.1. The predicted octanol–water partition coefficient (Wildman–Crippen LogP) is 1.77. The van der Waals surface area contributed by atoms with Gasteiger partial charge >= 0.3 is 0 Å². The Morgan fingerprint density at radius 2 is 2.22 bits per heavy atom. The summed E-state index contributed by atoms with van der Waals surface area (Å²) in [6.07, 6.45) is 3.22. The molecule has 6 heteroatoms. The molecule has 23 heavy (non-hydrogen) atoms. The number of likely N-dealkylation sites (tertiary alicyclic amines) is 1. The number of nitrogens with one attached hydrogen (secondary N) is 2. The number of hydrogen-bond donors (Lipinski definition) is 2. The minimum atomic E-state index is -0.167. The van der Waals surface area contributed by atoms with Gasteiger partial charge in [-0.25, -0.2) is 0 Å². The summed E-state index contributed by atoms with van der Waals surface area (Å²) in [7, 11) is 0. The van der Waals surface area contributed by atoms with E-state index in [4.69, 9.17) is 0 Å².